The first-order valence-corrected chi connectivity index (χ1v) is 5.36. The molecular formula is C11H14ClFN2O. The number of anilines is 1. The maximum absolute atomic E-state index is 13.3. The van der Waals surface area contributed by atoms with E-state index in [0.29, 0.717) is 6.54 Å². The molecule has 5 heteroatoms. The van der Waals surface area contributed by atoms with E-state index < -0.39 is 5.82 Å². The van der Waals surface area contributed by atoms with E-state index in [2.05, 4.69) is 5.32 Å². The van der Waals surface area contributed by atoms with Crippen LogP contribution in [0.15, 0.2) is 18.2 Å². The Balaban J connectivity index is 2.70. The Labute approximate surface area is 98.8 Å². The number of nitrogens with two attached hydrogens (primary N) is 1. The molecule has 1 aromatic carbocycles. The first kappa shape index (κ1) is 12.9. The molecule has 0 heterocycles. The van der Waals surface area contributed by atoms with Gasteiger partial charge in [-0.2, -0.15) is 0 Å². The van der Waals surface area contributed by atoms with Gasteiger partial charge in [0.05, 0.1) is 10.7 Å². The summed E-state index contributed by atoms with van der Waals surface area (Å²) in [6.45, 7) is 2.26. The molecule has 3 N–H and O–H groups in total. The second-order valence-corrected chi connectivity index (χ2v) is 4.10. The van der Waals surface area contributed by atoms with Crippen molar-refractivity contribution in [3.63, 3.8) is 0 Å². The first-order valence-electron chi connectivity index (χ1n) is 4.98. The highest BCUT2D eigenvalue weighted by Crippen LogP contribution is 2.24. The second-order valence-electron chi connectivity index (χ2n) is 3.69. The molecule has 16 heavy (non-hydrogen) atoms. The van der Waals surface area contributed by atoms with Gasteiger partial charge in [-0.3, -0.25) is 4.79 Å². The van der Waals surface area contributed by atoms with Gasteiger partial charge in [-0.05, 0) is 24.6 Å². The zero-order chi connectivity index (χ0) is 12.1. The third-order valence-electron chi connectivity index (χ3n) is 2.16. The van der Waals surface area contributed by atoms with E-state index in [4.69, 9.17) is 17.3 Å². The molecule has 0 spiro atoms. The van der Waals surface area contributed by atoms with E-state index >= 15 is 0 Å². The lowest BCUT2D eigenvalue weighted by molar-refractivity contribution is -0.116. The van der Waals surface area contributed by atoms with Gasteiger partial charge in [0.15, 0.2) is 0 Å². The molecule has 3 nitrogen and oxygen atoms in total. The van der Waals surface area contributed by atoms with E-state index in [1.807, 2.05) is 6.92 Å². The standard InChI is InChI=1S/C11H14ClFN2O/c1-7(6-14)5-10(16)15-11-8(12)3-2-4-9(11)13/h2-4,7H,5-6,14H2,1H3,(H,15,16). The molecule has 0 saturated heterocycles. The molecule has 1 unspecified atom stereocenters. The summed E-state index contributed by atoms with van der Waals surface area (Å²) in [6, 6.07) is 4.25. The van der Waals surface area contributed by atoms with Crippen molar-refractivity contribution in [3.8, 4) is 0 Å². The number of rotatable bonds is 4. The molecule has 1 amide bonds. The van der Waals surface area contributed by atoms with Gasteiger partial charge in [-0.1, -0.05) is 24.6 Å². The van der Waals surface area contributed by atoms with E-state index in [1.165, 1.54) is 18.2 Å². The summed E-state index contributed by atoms with van der Waals surface area (Å²) in [4.78, 5) is 11.5. The van der Waals surface area contributed by atoms with Gasteiger partial charge in [0.1, 0.15) is 5.82 Å². The van der Waals surface area contributed by atoms with E-state index in [1.54, 1.807) is 0 Å². The average molecular weight is 245 g/mol. The van der Waals surface area contributed by atoms with Crippen molar-refractivity contribution in [2.75, 3.05) is 11.9 Å². The first-order chi connectivity index (χ1) is 7.54. The van der Waals surface area contributed by atoms with Crippen molar-refractivity contribution in [3.05, 3.63) is 29.0 Å². The minimum atomic E-state index is -0.541. The summed E-state index contributed by atoms with van der Waals surface area (Å²) in [7, 11) is 0. The summed E-state index contributed by atoms with van der Waals surface area (Å²) in [5.74, 6) is -0.767. The molecule has 0 aliphatic carbocycles. The number of benzene rings is 1. The predicted octanol–water partition coefficient (Wildman–Crippen LogP) is 2.40. The lowest BCUT2D eigenvalue weighted by Gasteiger charge is -2.10. The normalized spacial score (nSPS) is 12.2. The highest BCUT2D eigenvalue weighted by molar-refractivity contribution is 6.33. The maximum atomic E-state index is 13.3. The Bertz CT molecular complexity index is 364. The number of amides is 1. The molecule has 0 aliphatic heterocycles. The number of carbonyl (C=O) groups excluding carboxylic acids is 1. The number of hydrogen-bond donors (Lipinski definition) is 2. The minimum absolute atomic E-state index is 0.0263. The lowest BCUT2D eigenvalue weighted by Crippen LogP contribution is -2.20. The van der Waals surface area contributed by atoms with Crippen LogP contribution in [0.4, 0.5) is 10.1 Å². The van der Waals surface area contributed by atoms with E-state index in [9.17, 15) is 9.18 Å². The molecule has 1 aromatic rings. The summed E-state index contributed by atoms with van der Waals surface area (Å²) < 4.78 is 13.3. The van der Waals surface area contributed by atoms with Gasteiger partial charge >= 0.3 is 0 Å². The number of para-hydroxylation sites is 1. The Morgan fingerprint density at radius 3 is 2.88 bits per heavy atom. The monoisotopic (exact) mass is 244 g/mol. The quantitative estimate of drug-likeness (QED) is 0.855. The van der Waals surface area contributed by atoms with Crippen molar-refractivity contribution in [2.24, 2.45) is 11.7 Å². The van der Waals surface area contributed by atoms with Crippen LogP contribution < -0.4 is 11.1 Å². The van der Waals surface area contributed by atoms with Crippen molar-refractivity contribution >= 4 is 23.2 Å². The van der Waals surface area contributed by atoms with Gasteiger partial charge in [0.25, 0.3) is 0 Å². The number of nitrogens with one attached hydrogen (secondary N) is 1. The Morgan fingerprint density at radius 1 is 1.62 bits per heavy atom. The topological polar surface area (TPSA) is 55.1 Å². The summed E-state index contributed by atoms with van der Waals surface area (Å²) in [6.07, 6.45) is 0.251. The second kappa shape index (κ2) is 5.82. The predicted molar refractivity (Wildman–Crippen MR) is 62.9 cm³/mol. The Kier molecular flexibility index (Phi) is 4.71. The summed E-state index contributed by atoms with van der Waals surface area (Å²) >= 11 is 5.76. The number of halogens is 2. The number of hydrogen-bond acceptors (Lipinski definition) is 2. The van der Waals surface area contributed by atoms with Crippen molar-refractivity contribution in [1.29, 1.82) is 0 Å². The molecule has 0 radical (unpaired) electrons. The average Bonchev–Trinajstić information content (AvgIpc) is 2.23. The van der Waals surface area contributed by atoms with Gasteiger partial charge in [0, 0.05) is 6.42 Å². The van der Waals surface area contributed by atoms with Crippen LogP contribution in [0.3, 0.4) is 0 Å². The van der Waals surface area contributed by atoms with Crippen LogP contribution in [-0.2, 0) is 4.79 Å². The van der Waals surface area contributed by atoms with Gasteiger partial charge in [-0.15, -0.1) is 0 Å². The SMILES string of the molecule is CC(CN)CC(=O)Nc1c(F)cccc1Cl. The third kappa shape index (κ3) is 3.47. The van der Waals surface area contributed by atoms with Gasteiger partial charge in [0.2, 0.25) is 5.91 Å². The van der Waals surface area contributed by atoms with Crippen molar-refractivity contribution in [2.45, 2.75) is 13.3 Å². The van der Waals surface area contributed by atoms with Crippen LogP contribution in [0, 0.1) is 11.7 Å². The van der Waals surface area contributed by atoms with Crippen LogP contribution in [0.1, 0.15) is 13.3 Å². The Hall–Kier alpha value is -1.13. The molecule has 1 rings (SSSR count). The van der Waals surface area contributed by atoms with E-state index in [-0.39, 0.29) is 29.0 Å². The fourth-order valence-electron chi connectivity index (χ4n) is 1.21. The van der Waals surface area contributed by atoms with Crippen LogP contribution in [0.5, 0.6) is 0 Å². The van der Waals surface area contributed by atoms with Gasteiger partial charge < -0.3 is 11.1 Å². The Morgan fingerprint density at radius 2 is 2.31 bits per heavy atom. The van der Waals surface area contributed by atoms with Crippen molar-refractivity contribution in [1.82, 2.24) is 0 Å². The molecule has 88 valence electrons. The number of carbonyl (C=O) groups is 1. The van der Waals surface area contributed by atoms with Crippen molar-refractivity contribution < 1.29 is 9.18 Å². The fourth-order valence-corrected chi connectivity index (χ4v) is 1.42. The smallest absolute Gasteiger partial charge is 0.224 e. The molecular weight excluding hydrogens is 231 g/mol. The molecule has 0 aliphatic rings. The minimum Gasteiger partial charge on any atom is -0.330 e. The van der Waals surface area contributed by atoms with Crippen LogP contribution in [0.2, 0.25) is 5.02 Å². The maximum Gasteiger partial charge on any atom is 0.224 e. The zero-order valence-corrected chi connectivity index (χ0v) is 9.72. The lowest BCUT2D eigenvalue weighted by atomic mass is 10.1. The summed E-state index contributed by atoms with van der Waals surface area (Å²) in [5, 5.41) is 2.63. The molecule has 0 fully saturated rings. The molecule has 1 atom stereocenters. The molecule has 0 aromatic heterocycles. The van der Waals surface area contributed by atoms with E-state index in [0.717, 1.165) is 0 Å². The van der Waals surface area contributed by atoms with Crippen LogP contribution in [0.25, 0.3) is 0 Å². The highest BCUT2D eigenvalue weighted by atomic mass is 35.5. The van der Waals surface area contributed by atoms with Crippen LogP contribution in [-0.4, -0.2) is 12.5 Å². The third-order valence-corrected chi connectivity index (χ3v) is 2.48. The summed E-state index contributed by atoms with van der Waals surface area (Å²) in [5.41, 5.74) is 5.42. The fraction of sp³-hybridized carbons (Fsp3) is 0.364. The van der Waals surface area contributed by atoms with Gasteiger partial charge in [-0.25, -0.2) is 4.39 Å². The zero-order valence-electron chi connectivity index (χ0n) is 8.97. The highest BCUT2D eigenvalue weighted by Gasteiger charge is 2.12. The van der Waals surface area contributed by atoms with Crippen LogP contribution >= 0.6 is 11.6 Å². The molecule has 0 saturated carbocycles. The molecule has 0 bridgehead atoms. The largest absolute Gasteiger partial charge is 0.330 e.